The SMILES string of the molecule is Cc1cc(C2C(=O)Oc3c2cc(C(C)(C)C)cc3C(C)(C)C)cc(C)c1OP(Oc1ccc(C(C)(C)C)cc1C(C)(C)C)Oc1ccc(C(C)(C)C)cc1C(C)(C)C. The van der Waals surface area contributed by atoms with E-state index in [-0.39, 0.29) is 38.5 Å². The molecule has 4 aromatic carbocycles. The summed E-state index contributed by atoms with van der Waals surface area (Å²) in [5.41, 5.74) is 9.67. The molecular weight excluding hydrogens is 736 g/mol. The van der Waals surface area contributed by atoms with Gasteiger partial charge in [-0.3, -0.25) is 4.79 Å². The highest BCUT2D eigenvalue weighted by molar-refractivity contribution is 7.43. The van der Waals surface area contributed by atoms with Gasteiger partial charge in [0.05, 0.1) is 0 Å². The first-order valence-corrected chi connectivity index (χ1v) is 22.0. The second-order valence-corrected chi connectivity index (χ2v) is 23.7. The smallest absolute Gasteiger partial charge is 0.425 e. The van der Waals surface area contributed by atoms with Gasteiger partial charge in [0.2, 0.25) is 0 Å². The fourth-order valence-electron chi connectivity index (χ4n) is 7.48. The van der Waals surface area contributed by atoms with Crippen molar-refractivity contribution in [2.24, 2.45) is 0 Å². The minimum atomic E-state index is -2.02. The van der Waals surface area contributed by atoms with Crippen LogP contribution < -0.4 is 18.3 Å². The maximum absolute atomic E-state index is 13.9. The topological polar surface area (TPSA) is 54.0 Å². The largest absolute Gasteiger partial charge is 0.530 e. The summed E-state index contributed by atoms with van der Waals surface area (Å²) in [7, 11) is -2.02. The fourth-order valence-corrected chi connectivity index (χ4v) is 8.67. The lowest BCUT2D eigenvalue weighted by molar-refractivity contribution is -0.133. The van der Waals surface area contributed by atoms with Crippen LogP contribution in [0.15, 0.2) is 60.7 Å². The van der Waals surface area contributed by atoms with E-state index in [1.165, 1.54) is 16.7 Å². The Bertz CT molecular complexity index is 2090. The monoisotopic (exact) mass is 807 g/mol. The zero-order valence-corrected chi connectivity index (χ0v) is 40.2. The Hall–Kier alpha value is -3.82. The van der Waals surface area contributed by atoms with E-state index < -0.39 is 14.5 Å². The van der Waals surface area contributed by atoms with Crippen LogP contribution in [0.1, 0.15) is 186 Å². The molecule has 5 nitrogen and oxygen atoms in total. The Morgan fingerprint density at radius 3 is 1.26 bits per heavy atom. The van der Waals surface area contributed by atoms with Crippen molar-refractivity contribution in [3.8, 4) is 23.0 Å². The van der Waals surface area contributed by atoms with Crippen molar-refractivity contribution >= 4 is 14.6 Å². The van der Waals surface area contributed by atoms with Gasteiger partial charge in [0.1, 0.15) is 28.9 Å². The molecule has 0 fully saturated rings. The number of rotatable bonds is 7. The van der Waals surface area contributed by atoms with E-state index in [4.69, 9.17) is 18.3 Å². The molecule has 314 valence electrons. The van der Waals surface area contributed by atoms with E-state index >= 15 is 0 Å². The van der Waals surface area contributed by atoms with E-state index in [1.54, 1.807) is 0 Å². The predicted molar refractivity (Wildman–Crippen MR) is 244 cm³/mol. The number of hydrogen-bond donors (Lipinski definition) is 0. The highest BCUT2D eigenvalue weighted by atomic mass is 31.2. The molecule has 0 N–H and O–H groups in total. The van der Waals surface area contributed by atoms with Crippen LogP contribution in [0, 0.1) is 13.8 Å². The Morgan fingerprint density at radius 2 is 0.879 bits per heavy atom. The molecule has 1 aliphatic rings. The van der Waals surface area contributed by atoms with Crippen molar-refractivity contribution in [2.45, 2.75) is 177 Å². The van der Waals surface area contributed by atoms with Crippen LogP contribution in [-0.2, 0) is 37.3 Å². The van der Waals surface area contributed by atoms with Gasteiger partial charge in [-0.2, -0.15) is 0 Å². The van der Waals surface area contributed by atoms with Crippen LogP contribution in [0.25, 0.3) is 0 Å². The number of benzene rings is 4. The van der Waals surface area contributed by atoms with E-state index in [2.05, 4.69) is 185 Å². The molecule has 1 heterocycles. The molecule has 0 radical (unpaired) electrons. The number of aryl methyl sites for hydroxylation is 2. The number of carbonyl (C=O) groups excluding carboxylic acids is 1. The summed E-state index contributed by atoms with van der Waals surface area (Å²) in [6, 6.07) is 21.5. The summed E-state index contributed by atoms with van der Waals surface area (Å²) in [6.07, 6.45) is 0. The van der Waals surface area contributed by atoms with E-state index in [0.29, 0.717) is 11.5 Å². The number of carbonyl (C=O) groups is 1. The number of ether oxygens (including phenoxy) is 1. The molecule has 6 heteroatoms. The Labute approximate surface area is 352 Å². The van der Waals surface area contributed by atoms with Crippen LogP contribution in [0.2, 0.25) is 0 Å². The first-order chi connectivity index (χ1) is 26.3. The lowest BCUT2D eigenvalue weighted by atomic mass is 9.77. The molecule has 1 aliphatic heterocycles. The molecule has 0 bridgehead atoms. The first kappa shape index (κ1) is 45.3. The molecule has 0 saturated carbocycles. The van der Waals surface area contributed by atoms with Crippen LogP contribution >= 0.6 is 8.60 Å². The van der Waals surface area contributed by atoms with Crippen LogP contribution in [0.4, 0.5) is 0 Å². The van der Waals surface area contributed by atoms with Crippen LogP contribution in [0.5, 0.6) is 23.0 Å². The molecule has 1 atom stereocenters. The molecule has 0 saturated heterocycles. The molecule has 0 aromatic heterocycles. The van der Waals surface area contributed by atoms with Crippen molar-refractivity contribution < 1.29 is 23.1 Å². The van der Waals surface area contributed by atoms with Crippen molar-refractivity contribution in [3.05, 3.63) is 116 Å². The predicted octanol–water partition coefficient (Wildman–Crippen LogP) is 14.9. The molecule has 5 rings (SSSR count). The Kier molecular flexibility index (Phi) is 12.0. The van der Waals surface area contributed by atoms with E-state index in [9.17, 15) is 4.79 Å². The summed E-state index contributed by atoms with van der Waals surface area (Å²) < 4.78 is 27.0. The lowest BCUT2D eigenvalue weighted by Crippen LogP contribution is -2.19. The van der Waals surface area contributed by atoms with Gasteiger partial charge in [-0.05, 0) is 91.9 Å². The third kappa shape index (κ3) is 9.79. The molecule has 58 heavy (non-hydrogen) atoms. The maximum atomic E-state index is 13.9. The first-order valence-electron chi connectivity index (χ1n) is 20.9. The van der Waals surface area contributed by atoms with Gasteiger partial charge in [-0.15, -0.1) is 0 Å². The molecular formula is C52H71O5P. The number of fused-ring (bicyclic) bond motifs is 1. The van der Waals surface area contributed by atoms with Gasteiger partial charge in [0, 0.05) is 22.3 Å². The lowest BCUT2D eigenvalue weighted by Gasteiger charge is -2.30. The van der Waals surface area contributed by atoms with Crippen molar-refractivity contribution in [1.82, 2.24) is 0 Å². The minimum absolute atomic E-state index is 0.0302. The van der Waals surface area contributed by atoms with Crippen molar-refractivity contribution in [3.63, 3.8) is 0 Å². The maximum Gasteiger partial charge on any atom is 0.530 e. The molecule has 0 amide bonds. The summed E-state index contributed by atoms with van der Waals surface area (Å²) >= 11 is 0. The summed E-state index contributed by atoms with van der Waals surface area (Å²) in [5.74, 6) is 2.02. The van der Waals surface area contributed by atoms with Gasteiger partial charge >= 0.3 is 14.6 Å². The third-order valence-electron chi connectivity index (χ3n) is 11.2. The summed E-state index contributed by atoms with van der Waals surface area (Å²) in [4.78, 5) is 13.9. The van der Waals surface area contributed by atoms with Crippen molar-refractivity contribution in [2.75, 3.05) is 0 Å². The highest BCUT2D eigenvalue weighted by Gasteiger charge is 2.40. The molecule has 0 spiro atoms. The fraction of sp³-hybridized carbons (Fsp3) is 0.519. The van der Waals surface area contributed by atoms with Gasteiger partial charge in [-0.1, -0.05) is 173 Å². The van der Waals surface area contributed by atoms with Crippen LogP contribution in [0.3, 0.4) is 0 Å². The number of hydrogen-bond acceptors (Lipinski definition) is 5. The van der Waals surface area contributed by atoms with Gasteiger partial charge in [0.25, 0.3) is 0 Å². The minimum Gasteiger partial charge on any atom is -0.425 e. The zero-order chi connectivity index (χ0) is 43.7. The third-order valence-corrected chi connectivity index (χ3v) is 12.2. The quantitative estimate of drug-likeness (QED) is 0.106. The number of esters is 1. The van der Waals surface area contributed by atoms with Gasteiger partial charge < -0.3 is 18.3 Å². The molecule has 0 aliphatic carbocycles. The Balaban J connectivity index is 1.63. The molecule has 4 aromatic rings. The normalized spacial score (nSPS) is 15.4. The average molecular weight is 807 g/mol. The summed E-state index contributed by atoms with van der Waals surface area (Å²) in [5, 5.41) is 0. The van der Waals surface area contributed by atoms with E-state index in [1.807, 2.05) is 13.8 Å². The highest BCUT2D eigenvalue weighted by Crippen LogP contribution is 2.52. The second kappa shape index (κ2) is 15.3. The zero-order valence-electron chi connectivity index (χ0n) is 39.3. The van der Waals surface area contributed by atoms with Gasteiger partial charge in [0.15, 0.2) is 0 Å². The standard InChI is InChI=1S/C52H71O5P/c1-31-25-33(43-37-27-36(49(9,10)11)30-40(52(18,19)20)45(37)54-46(43)53)26-32(2)44(31)57-58(55-41-23-21-34(47(3,4)5)28-38(41)50(12,13)14)56-42-24-22-35(48(6,7)8)29-39(42)51(15,16)17/h21-30,43H,1-20H3. The average Bonchev–Trinajstić information content (AvgIpc) is 3.38. The van der Waals surface area contributed by atoms with Crippen molar-refractivity contribution in [1.29, 1.82) is 0 Å². The van der Waals surface area contributed by atoms with Crippen LogP contribution in [-0.4, -0.2) is 5.97 Å². The van der Waals surface area contributed by atoms with E-state index in [0.717, 1.165) is 50.4 Å². The summed E-state index contributed by atoms with van der Waals surface area (Å²) in [6.45, 7) is 43.9. The molecule has 1 unspecified atom stereocenters. The second-order valence-electron chi connectivity index (χ2n) is 22.7. The van der Waals surface area contributed by atoms with Gasteiger partial charge in [-0.25, -0.2) is 0 Å². The Morgan fingerprint density at radius 1 is 0.483 bits per heavy atom.